The summed E-state index contributed by atoms with van der Waals surface area (Å²) in [5, 5.41) is 14.0. The van der Waals surface area contributed by atoms with Crippen LogP contribution in [-0.2, 0) is 48.1 Å². The number of nitrogens with zero attached hydrogens (tertiary/aromatic N) is 3. The number of nitrogens with one attached hydrogen (secondary N) is 1. The highest BCUT2D eigenvalue weighted by molar-refractivity contribution is 9.11. The molecule has 318 valence electrons. The molecular formula is C48H46Br4Cl2N4O3. The quantitative estimate of drug-likeness (QED) is 0.176. The number of carboxylic acid groups (broad SMARTS) is 1. The number of piperidine rings is 2. The molecule has 4 aliphatic rings. The molecule has 61 heavy (non-hydrogen) atoms. The summed E-state index contributed by atoms with van der Waals surface area (Å²) >= 11 is 27.6. The third-order valence-corrected chi connectivity index (χ3v) is 15.4. The normalized spacial score (nSPS) is 19.0. The number of halogens is 6. The molecule has 9 rings (SSSR count). The molecule has 2 aliphatic carbocycles. The van der Waals surface area contributed by atoms with Gasteiger partial charge in [0.25, 0.3) is 0 Å². The van der Waals surface area contributed by atoms with E-state index in [0.29, 0.717) is 37.3 Å². The SMILES string of the molecule is Clc1cc(Br)c2c(c1)CCc1cc(Br)cnc1[C@@H]2C1CCNCC1.O=C(O)Cc1ccc(CC(=O)N2CCC([C@H]3c4ncc(Br)cc4CCc4cc(Cl)cc(Br)c43)CC2)cc1. The molecule has 5 aromatic rings. The van der Waals surface area contributed by atoms with Crippen molar-refractivity contribution >= 4 is 98.8 Å². The van der Waals surface area contributed by atoms with Crippen LogP contribution in [0.25, 0.3) is 0 Å². The van der Waals surface area contributed by atoms with Gasteiger partial charge >= 0.3 is 5.97 Å². The zero-order chi connectivity index (χ0) is 42.8. The Morgan fingerprint density at radius 3 is 1.56 bits per heavy atom. The lowest BCUT2D eigenvalue weighted by Gasteiger charge is -2.37. The van der Waals surface area contributed by atoms with Gasteiger partial charge in [-0.1, -0.05) is 79.3 Å². The first-order chi connectivity index (χ1) is 29.4. The van der Waals surface area contributed by atoms with Gasteiger partial charge in [0.1, 0.15) is 0 Å². The highest BCUT2D eigenvalue weighted by Crippen LogP contribution is 2.47. The Hall–Kier alpha value is -2.64. The van der Waals surface area contributed by atoms with Crippen molar-refractivity contribution in [2.75, 3.05) is 26.2 Å². The number of pyridine rings is 2. The summed E-state index contributed by atoms with van der Waals surface area (Å²) in [6.45, 7) is 3.61. The van der Waals surface area contributed by atoms with Crippen LogP contribution >= 0.6 is 86.9 Å². The van der Waals surface area contributed by atoms with Crippen molar-refractivity contribution in [1.82, 2.24) is 20.2 Å². The van der Waals surface area contributed by atoms with Crippen molar-refractivity contribution in [3.8, 4) is 0 Å². The molecule has 0 radical (unpaired) electrons. The van der Waals surface area contributed by atoms with E-state index in [0.717, 1.165) is 96.4 Å². The third-order valence-electron chi connectivity index (χ3n) is 12.8. The van der Waals surface area contributed by atoms with Gasteiger partial charge in [0.2, 0.25) is 5.91 Å². The molecule has 0 unspecified atom stereocenters. The Balaban J connectivity index is 0.000000184. The first-order valence-corrected chi connectivity index (χ1v) is 24.9. The molecule has 0 bridgehead atoms. The number of hydrogen-bond acceptors (Lipinski definition) is 5. The average molecular weight is 1120 g/mol. The van der Waals surface area contributed by atoms with E-state index in [1.165, 1.54) is 51.9 Å². The van der Waals surface area contributed by atoms with Crippen molar-refractivity contribution in [3.63, 3.8) is 0 Å². The van der Waals surface area contributed by atoms with Crippen molar-refractivity contribution < 1.29 is 14.7 Å². The van der Waals surface area contributed by atoms with Gasteiger partial charge in [0, 0.05) is 65.3 Å². The molecule has 0 saturated carbocycles. The summed E-state index contributed by atoms with van der Waals surface area (Å²) < 4.78 is 4.21. The van der Waals surface area contributed by atoms with Gasteiger partial charge in [0.15, 0.2) is 0 Å². The number of rotatable bonds is 6. The fourth-order valence-corrected chi connectivity index (χ4v) is 13.0. The van der Waals surface area contributed by atoms with E-state index in [1.54, 1.807) is 12.1 Å². The summed E-state index contributed by atoms with van der Waals surface area (Å²) in [6, 6.07) is 20.0. The van der Waals surface area contributed by atoms with Gasteiger partial charge in [0.05, 0.1) is 24.2 Å². The number of benzene rings is 3. The molecule has 1 amide bonds. The molecule has 2 fully saturated rings. The minimum atomic E-state index is -0.858. The molecule has 0 spiro atoms. The zero-order valence-electron chi connectivity index (χ0n) is 33.5. The maximum Gasteiger partial charge on any atom is 0.307 e. The minimum Gasteiger partial charge on any atom is -0.481 e. The maximum absolute atomic E-state index is 13.1. The van der Waals surface area contributed by atoms with Crippen LogP contribution in [0.1, 0.15) is 93.4 Å². The van der Waals surface area contributed by atoms with Crippen LogP contribution in [0, 0.1) is 11.8 Å². The van der Waals surface area contributed by atoms with E-state index in [-0.39, 0.29) is 18.2 Å². The lowest BCUT2D eigenvalue weighted by molar-refractivity contribution is -0.136. The fourth-order valence-electron chi connectivity index (χ4n) is 9.96. The molecule has 2 aliphatic heterocycles. The molecule has 2 aromatic heterocycles. The van der Waals surface area contributed by atoms with Gasteiger partial charge in [-0.2, -0.15) is 0 Å². The first kappa shape index (κ1) is 44.9. The van der Waals surface area contributed by atoms with Gasteiger partial charge in [-0.3, -0.25) is 19.6 Å². The maximum atomic E-state index is 13.1. The van der Waals surface area contributed by atoms with Crippen LogP contribution in [0.5, 0.6) is 0 Å². The molecule has 3 aromatic carbocycles. The molecule has 2 saturated heterocycles. The number of aryl methyl sites for hydroxylation is 4. The number of carbonyl (C=O) groups excluding carboxylic acids is 1. The summed E-state index contributed by atoms with van der Waals surface area (Å²) in [5.41, 5.74) is 12.0. The minimum absolute atomic E-state index is 0.0106. The van der Waals surface area contributed by atoms with E-state index in [9.17, 15) is 9.59 Å². The topological polar surface area (TPSA) is 95.4 Å². The van der Waals surface area contributed by atoms with Crippen LogP contribution in [-0.4, -0.2) is 58.0 Å². The predicted octanol–water partition coefficient (Wildman–Crippen LogP) is 12.1. The Kier molecular flexibility index (Phi) is 14.8. The third kappa shape index (κ3) is 10.5. The second-order valence-corrected chi connectivity index (χ2v) is 21.1. The van der Waals surface area contributed by atoms with Crippen LogP contribution in [0.15, 0.2) is 90.9 Å². The number of carbonyl (C=O) groups is 2. The van der Waals surface area contributed by atoms with Crippen molar-refractivity contribution in [3.05, 3.63) is 157 Å². The number of fused-ring (bicyclic) bond motifs is 4. The first-order valence-electron chi connectivity index (χ1n) is 20.9. The van der Waals surface area contributed by atoms with Gasteiger partial charge in [-0.15, -0.1) is 0 Å². The second kappa shape index (κ2) is 20.0. The standard InChI is InChI=1S/C29H27Br2ClN2O3.C19H19Br2ClN2/c30-22-13-21-6-5-20-14-23(32)15-24(31)27(20)28(29(21)33-16-22)19-7-9-34(10-8-19)25(35)11-17-1-3-18(4-2-17)12-26(36)37;20-14-7-13-2-1-12-8-15(22)9-16(21)17(12)18(19(13)24-10-14)11-3-5-23-6-4-11/h1-4,13-16,19,28H,5-12H2,(H,36,37);7-11,18,23H,1-6H2/t28-;18-/m11/s1. The number of hydrogen-bond donors (Lipinski definition) is 2. The van der Waals surface area contributed by atoms with Gasteiger partial charge in [-0.25, -0.2) is 0 Å². The summed E-state index contributed by atoms with van der Waals surface area (Å²) in [5.74, 6) is 0.726. The number of aromatic nitrogens is 2. The molecule has 7 nitrogen and oxygen atoms in total. The Labute approximate surface area is 401 Å². The van der Waals surface area contributed by atoms with E-state index in [4.69, 9.17) is 38.3 Å². The van der Waals surface area contributed by atoms with E-state index in [2.05, 4.69) is 93.3 Å². The lowest BCUT2D eigenvalue weighted by atomic mass is 9.76. The van der Waals surface area contributed by atoms with Crippen molar-refractivity contribution in [2.24, 2.45) is 11.8 Å². The Bertz CT molecular complexity index is 2440. The number of amides is 1. The van der Waals surface area contributed by atoms with Crippen LogP contribution in [0.3, 0.4) is 0 Å². The van der Waals surface area contributed by atoms with Crippen LogP contribution in [0.4, 0.5) is 0 Å². The largest absolute Gasteiger partial charge is 0.481 e. The number of likely N-dealkylation sites (tertiary alicyclic amines) is 1. The van der Waals surface area contributed by atoms with Gasteiger partial charge in [-0.05, 0) is 189 Å². The fraction of sp³-hybridized carbons (Fsp3) is 0.375. The Morgan fingerprint density at radius 1 is 0.639 bits per heavy atom. The molecular weight excluding hydrogens is 1070 g/mol. The Morgan fingerprint density at radius 2 is 1.08 bits per heavy atom. The lowest BCUT2D eigenvalue weighted by Crippen LogP contribution is -2.40. The number of carboxylic acids is 1. The molecule has 2 atom stereocenters. The van der Waals surface area contributed by atoms with Gasteiger partial charge < -0.3 is 15.3 Å². The highest BCUT2D eigenvalue weighted by atomic mass is 79.9. The van der Waals surface area contributed by atoms with E-state index >= 15 is 0 Å². The van der Waals surface area contributed by atoms with Crippen LogP contribution < -0.4 is 5.32 Å². The molecule has 2 N–H and O–H groups in total. The summed E-state index contributed by atoms with van der Waals surface area (Å²) in [4.78, 5) is 35.7. The predicted molar refractivity (Wildman–Crippen MR) is 257 cm³/mol. The second-order valence-electron chi connectivity index (χ2n) is 16.6. The smallest absolute Gasteiger partial charge is 0.307 e. The molecule has 13 heteroatoms. The van der Waals surface area contributed by atoms with E-state index < -0.39 is 5.97 Å². The highest BCUT2D eigenvalue weighted by Gasteiger charge is 2.37. The zero-order valence-corrected chi connectivity index (χ0v) is 41.4. The van der Waals surface area contributed by atoms with E-state index in [1.807, 2.05) is 41.6 Å². The van der Waals surface area contributed by atoms with Crippen molar-refractivity contribution in [2.45, 2.75) is 76.0 Å². The summed E-state index contributed by atoms with van der Waals surface area (Å²) in [6.07, 6.45) is 12.2. The number of aliphatic carboxylic acids is 1. The van der Waals surface area contributed by atoms with Crippen molar-refractivity contribution in [1.29, 1.82) is 0 Å². The average Bonchev–Trinajstić information content (AvgIpc) is 3.50. The summed E-state index contributed by atoms with van der Waals surface area (Å²) in [7, 11) is 0. The monoisotopic (exact) mass is 1110 g/mol. The van der Waals surface area contributed by atoms with Crippen LogP contribution in [0.2, 0.25) is 10.0 Å². The molecule has 4 heterocycles.